The van der Waals surface area contributed by atoms with E-state index in [1.807, 2.05) is 0 Å². The zero-order valence-electron chi connectivity index (χ0n) is 20.3. The zero-order valence-corrected chi connectivity index (χ0v) is 20.3. The first-order chi connectivity index (χ1) is 17.5. The van der Waals surface area contributed by atoms with Crippen molar-refractivity contribution in [2.75, 3.05) is 53.9 Å². The number of carbonyl (C=O) groups is 1. The third kappa shape index (κ3) is 10.2. The molecule has 0 atom stereocenters. The molecule has 0 amide bonds. The van der Waals surface area contributed by atoms with Gasteiger partial charge in [0, 0.05) is 6.08 Å². The van der Waals surface area contributed by atoms with Crippen molar-refractivity contribution < 1.29 is 43.1 Å². The number of aliphatic hydroxyl groups is 1. The van der Waals surface area contributed by atoms with Crippen LogP contribution in [0.15, 0.2) is 60.4 Å². The summed E-state index contributed by atoms with van der Waals surface area (Å²) in [5, 5.41) is 19.7. The number of benzene rings is 2. The number of aliphatic hydroxyl groups excluding tert-OH is 1. The maximum Gasteiger partial charge on any atom is 0.182 e. The van der Waals surface area contributed by atoms with Crippen LogP contribution in [0.1, 0.15) is 11.1 Å². The quantitative estimate of drug-likeness (QED) is 0.149. The van der Waals surface area contributed by atoms with E-state index in [9.17, 15) is 19.4 Å². The van der Waals surface area contributed by atoms with Crippen LogP contribution in [-0.4, -0.2) is 69.9 Å². The van der Waals surface area contributed by atoms with E-state index in [2.05, 4.69) is 0 Å². The molecule has 0 saturated heterocycles. The summed E-state index contributed by atoms with van der Waals surface area (Å²) in [6, 6.07) is 9.90. The van der Waals surface area contributed by atoms with Gasteiger partial charge in [-0.1, -0.05) is 24.3 Å². The van der Waals surface area contributed by atoms with E-state index in [1.54, 1.807) is 42.5 Å². The molecular formula is C27H31FO8. The molecule has 0 unspecified atom stereocenters. The third-order valence-electron chi connectivity index (χ3n) is 4.65. The minimum atomic E-state index is -0.516. The fourth-order valence-electron chi connectivity index (χ4n) is 2.89. The number of allylic oxidation sites excluding steroid dienone is 3. The fraction of sp³-hybridized carbons (Fsp3) is 0.296. The molecule has 0 aliphatic rings. The molecule has 2 aromatic rings. The zero-order chi connectivity index (χ0) is 26.2. The van der Waals surface area contributed by atoms with Crippen LogP contribution in [0.5, 0.6) is 23.0 Å². The number of halogens is 1. The molecule has 0 fully saturated rings. The lowest BCUT2D eigenvalue weighted by atomic mass is 10.1. The first-order valence-corrected chi connectivity index (χ1v) is 11.2. The van der Waals surface area contributed by atoms with E-state index >= 15 is 0 Å². The van der Waals surface area contributed by atoms with Crippen molar-refractivity contribution in [3.63, 3.8) is 0 Å². The molecular weight excluding hydrogens is 471 g/mol. The van der Waals surface area contributed by atoms with Gasteiger partial charge in [-0.2, -0.15) is 0 Å². The average Bonchev–Trinajstić information content (AvgIpc) is 2.88. The standard InChI is InChI=1S/C27H31FO8/c1-32-26-17-20(5-9-24(26)31)3-7-22(29)19-23(30)8-4-21-6-10-25(27(18-21)33-2)36-16-15-35-14-13-34-12-11-28/h3-10,17-19,30-31H,11-16H2,1-2H3/b7-3+,8-4+,23-19-. The van der Waals surface area contributed by atoms with Crippen LogP contribution < -0.4 is 14.2 Å². The van der Waals surface area contributed by atoms with E-state index < -0.39 is 12.5 Å². The molecule has 36 heavy (non-hydrogen) atoms. The van der Waals surface area contributed by atoms with Gasteiger partial charge in [0.25, 0.3) is 0 Å². The molecule has 2 aromatic carbocycles. The minimum Gasteiger partial charge on any atom is -0.508 e. The van der Waals surface area contributed by atoms with E-state index in [-0.39, 0.29) is 18.1 Å². The summed E-state index contributed by atoms with van der Waals surface area (Å²) in [4.78, 5) is 12.1. The number of alkyl halides is 1. The Morgan fingerprint density at radius 1 is 0.833 bits per heavy atom. The normalized spacial score (nSPS) is 11.8. The second kappa shape index (κ2) is 16.0. The predicted molar refractivity (Wildman–Crippen MR) is 135 cm³/mol. The van der Waals surface area contributed by atoms with Crippen LogP contribution in [0.4, 0.5) is 4.39 Å². The molecule has 0 aliphatic heterocycles. The van der Waals surface area contributed by atoms with Crippen LogP contribution in [0.3, 0.4) is 0 Å². The average molecular weight is 503 g/mol. The Labute approximate surface area is 209 Å². The van der Waals surface area contributed by atoms with Crippen LogP contribution in [-0.2, 0) is 14.3 Å². The topological polar surface area (TPSA) is 104 Å². The molecule has 0 radical (unpaired) electrons. The molecule has 0 bridgehead atoms. The van der Waals surface area contributed by atoms with Crippen LogP contribution in [0.25, 0.3) is 12.2 Å². The maximum atomic E-state index is 12.1. The number of hydrogen-bond donors (Lipinski definition) is 2. The van der Waals surface area contributed by atoms with Gasteiger partial charge in [-0.15, -0.1) is 0 Å². The number of aromatic hydroxyl groups is 1. The van der Waals surface area contributed by atoms with E-state index in [4.69, 9.17) is 23.7 Å². The third-order valence-corrected chi connectivity index (χ3v) is 4.65. The summed E-state index contributed by atoms with van der Waals surface area (Å²) in [6.07, 6.45) is 6.95. The number of rotatable bonds is 16. The second-order valence-electron chi connectivity index (χ2n) is 7.24. The molecule has 194 valence electrons. The van der Waals surface area contributed by atoms with E-state index in [1.165, 1.54) is 32.4 Å². The summed E-state index contributed by atoms with van der Waals surface area (Å²) in [5.41, 5.74) is 1.38. The molecule has 0 aromatic heterocycles. The summed E-state index contributed by atoms with van der Waals surface area (Å²) in [5.74, 6) is 0.680. The molecule has 8 nitrogen and oxygen atoms in total. The Hall–Kier alpha value is -3.82. The number of hydrogen-bond acceptors (Lipinski definition) is 8. The molecule has 0 heterocycles. The van der Waals surface area contributed by atoms with Gasteiger partial charge in [-0.25, -0.2) is 4.39 Å². The van der Waals surface area contributed by atoms with Crippen molar-refractivity contribution in [2.45, 2.75) is 0 Å². The lowest BCUT2D eigenvalue weighted by Gasteiger charge is -2.11. The van der Waals surface area contributed by atoms with Gasteiger partial charge in [0.15, 0.2) is 28.8 Å². The number of phenols is 1. The Morgan fingerprint density at radius 2 is 1.44 bits per heavy atom. The fourth-order valence-corrected chi connectivity index (χ4v) is 2.89. The van der Waals surface area contributed by atoms with Crippen molar-refractivity contribution in [2.24, 2.45) is 0 Å². The van der Waals surface area contributed by atoms with Crippen LogP contribution >= 0.6 is 0 Å². The van der Waals surface area contributed by atoms with Crippen LogP contribution in [0, 0.1) is 0 Å². The monoisotopic (exact) mass is 502 g/mol. The molecule has 2 rings (SSSR count). The Morgan fingerprint density at radius 3 is 2.14 bits per heavy atom. The second-order valence-corrected chi connectivity index (χ2v) is 7.24. The van der Waals surface area contributed by atoms with Gasteiger partial charge in [-0.3, -0.25) is 4.79 Å². The number of carbonyl (C=O) groups excluding carboxylic acids is 1. The lowest BCUT2D eigenvalue weighted by molar-refractivity contribution is -0.110. The highest BCUT2D eigenvalue weighted by Gasteiger charge is 2.05. The van der Waals surface area contributed by atoms with Gasteiger partial charge < -0.3 is 33.9 Å². The van der Waals surface area contributed by atoms with Crippen molar-refractivity contribution >= 4 is 17.9 Å². The van der Waals surface area contributed by atoms with Crippen molar-refractivity contribution in [1.29, 1.82) is 0 Å². The van der Waals surface area contributed by atoms with Gasteiger partial charge in [0.2, 0.25) is 0 Å². The first kappa shape index (κ1) is 28.4. The molecule has 9 heteroatoms. The Balaban J connectivity index is 1.88. The van der Waals surface area contributed by atoms with Gasteiger partial charge >= 0.3 is 0 Å². The largest absolute Gasteiger partial charge is 0.508 e. The summed E-state index contributed by atoms with van der Waals surface area (Å²) in [6.45, 7) is 0.861. The molecule has 0 saturated carbocycles. The molecule has 2 N–H and O–H groups in total. The molecule has 0 spiro atoms. The highest BCUT2D eigenvalue weighted by Crippen LogP contribution is 2.29. The van der Waals surface area contributed by atoms with Crippen molar-refractivity contribution in [1.82, 2.24) is 0 Å². The number of ketones is 1. The lowest BCUT2D eigenvalue weighted by Crippen LogP contribution is -2.11. The summed E-state index contributed by atoms with van der Waals surface area (Å²) < 4.78 is 38.3. The van der Waals surface area contributed by atoms with Crippen molar-refractivity contribution in [3.05, 3.63) is 71.5 Å². The predicted octanol–water partition coefficient (Wildman–Crippen LogP) is 4.53. The maximum absolute atomic E-state index is 12.1. The SMILES string of the molecule is COc1cc(/C=C/C(=O)/C=C(O)/C=C/c2ccc(OCCOCCOCCF)c(OC)c2)ccc1O. The minimum absolute atomic E-state index is 0.00207. The highest BCUT2D eigenvalue weighted by molar-refractivity contribution is 6.02. The smallest absolute Gasteiger partial charge is 0.182 e. The Kier molecular flexibility index (Phi) is 12.6. The highest BCUT2D eigenvalue weighted by atomic mass is 19.1. The van der Waals surface area contributed by atoms with E-state index in [0.29, 0.717) is 49.2 Å². The van der Waals surface area contributed by atoms with Gasteiger partial charge in [0.1, 0.15) is 19.0 Å². The van der Waals surface area contributed by atoms with Gasteiger partial charge in [0.05, 0.1) is 40.6 Å². The number of phenolic OH excluding ortho intramolecular Hbond substituents is 1. The van der Waals surface area contributed by atoms with E-state index in [0.717, 1.165) is 11.6 Å². The summed E-state index contributed by atoms with van der Waals surface area (Å²) >= 11 is 0. The number of ether oxygens (including phenoxy) is 5. The molecule has 0 aliphatic carbocycles. The van der Waals surface area contributed by atoms with Crippen LogP contribution in [0.2, 0.25) is 0 Å². The Bertz CT molecular complexity index is 1060. The first-order valence-electron chi connectivity index (χ1n) is 11.2. The van der Waals surface area contributed by atoms with Gasteiger partial charge in [-0.05, 0) is 47.5 Å². The summed E-state index contributed by atoms with van der Waals surface area (Å²) in [7, 11) is 2.95. The number of methoxy groups -OCH3 is 2. The van der Waals surface area contributed by atoms with Crippen molar-refractivity contribution in [3.8, 4) is 23.0 Å².